The van der Waals surface area contributed by atoms with Crippen molar-refractivity contribution in [1.29, 1.82) is 0 Å². The first-order valence-corrected chi connectivity index (χ1v) is 1.97. The van der Waals surface area contributed by atoms with E-state index >= 15 is 0 Å². The van der Waals surface area contributed by atoms with Crippen LogP contribution in [0.3, 0.4) is 0 Å². The minimum absolute atomic E-state index is 0. The molecular weight excluding hydrogens is 144 g/mol. The molecule has 0 aliphatic carbocycles. The summed E-state index contributed by atoms with van der Waals surface area (Å²) in [5.41, 5.74) is 0. The van der Waals surface area contributed by atoms with Crippen LogP contribution in [-0.2, 0) is 0 Å². The average molecular weight is 153 g/mol. The predicted molar refractivity (Wildman–Crippen MR) is 42.4 cm³/mol. The van der Waals surface area contributed by atoms with E-state index in [1.807, 2.05) is 0 Å². The minimum atomic E-state index is 0. The van der Waals surface area contributed by atoms with Gasteiger partial charge in [-0.15, -0.1) is 19.0 Å². The highest BCUT2D eigenvalue weighted by atomic mass is 35.5. The van der Waals surface area contributed by atoms with E-state index in [2.05, 4.69) is 29.0 Å². The predicted octanol–water partition coefficient (Wildman–Crippen LogP) is 1.86. The smallest absolute Gasteiger partial charge is 0.0671 e. The van der Waals surface area contributed by atoms with E-state index < -0.39 is 0 Å². The molecule has 8 heavy (non-hydrogen) atoms. The third-order valence-corrected chi connectivity index (χ3v) is 0.414. The van der Waals surface area contributed by atoms with Gasteiger partial charge in [0.15, 0.2) is 0 Å². The minimum Gasteiger partial charge on any atom is -0.344 e. The maximum absolute atomic E-state index is 4.25. The Bertz CT molecular complexity index is 88.0. The van der Waals surface area contributed by atoms with Crippen LogP contribution in [0.5, 0.6) is 0 Å². The number of hydrogen-bond donors (Lipinski definition) is 1. The molecule has 0 aromatic rings. The summed E-state index contributed by atoms with van der Waals surface area (Å²) in [6.45, 7) is 4.00. The van der Waals surface area contributed by atoms with E-state index in [4.69, 9.17) is 0 Å². The fourth-order valence-corrected chi connectivity index (χ4v) is 0.176. The molecule has 3 N–H and O–H groups in total. The Morgan fingerprint density at radius 1 is 1.75 bits per heavy atom. The van der Waals surface area contributed by atoms with Crippen LogP contribution in [-0.4, -0.2) is 11.7 Å². The number of rotatable bonds is 2. The Kier molecular flexibility index (Phi) is 31.0. The van der Waals surface area contributed by atoms with Gasteiger partial charge in [0.05, 0.1) is 11.7 Å². The lowest BCUT2D eigenvalue weighted by Crippen LogP contribution is -1.61. The Morgan fingerprint density at radius 3 is 2.38 bits per heavy atom. The van der Waals surface area contributed by atoms with Gasteiger partial charge in [0.25, 0.3) is 0 Å². The average Bonchev–Trinajstić information content (AvgIpc) is 1.61. The van der Waals surface area contributed by atoms with Crippen LogP contribution >= 0.6 is 24.6 Å². The molecular formula is C4H9ClN2S. The first-order chi connectivity index (χ1) is 2.91. The number of isothiocyanates is 1. The Hall–Kier alpha value is -0.210. The number of halogens is 1. The zero-order valence-electron chi connectivity index (χ0n) is 4.46. The normalized spacial score (nSPS) is 4.50. The molecule has 0 saturated heterocycles. The summed E-state index contributed by atoms with van der Waals surface area (Å²) in [6, 6.07) is 0. The van der Waals surface area contributed by atoms with Gasteiger partial charge in [-0.3, -0.25) is 0 Å². The van der Waals surface area contributed by atoms with Gasteiger partial charge in [-0.25, -0.2) is 4.99 Å². The monoisotopic (exact) mass is 152 g/mol. The molecule has 0 aliphatic heterocycles. The number of aliphatic imine (C=N–C) groups is 1. The van der Waals surface area contributed by atoms with Crippen molar-refractivity contribution in [3.05, 3.63) is 12.7 Å². The van der Waals surface area contributed by atoms with Crippen LogP contribution in [0.25, 0.3) is 0 Å². The van der Waals surface area contributed by atoms with Crippen LogP contribution in [0, 0.1) is 0 Å². The standard InChI is InChI=1S/C4H5NS.ClH.H3N/c1-2-3-5-4-6;;/h2H,1,3H2;1H;1H3. The second-order valence-electron chi connectivity index (χ2n) is 0.721. The van der Waals surface area contributed by atoms with Gasteiger partial charge in [0.2, 0.25) is 0 Å². The molecule has 0 unspecified atom stereocenters. The topological polar surface area (TPSA) is 47.4 Å². The number of nitrogens with zero attached hydrogens (tertiary/aromatic N) is 1. The van der Waals surface area contributed by atoms with Crippen LogP contribution in [0.4, 0.5) is 0 Å². The van der Waals surface area contributed by atoms with E-state index in [0.29, 0.717) is 6.54 Å². The van der Waals surface area contributed by atoms with Crippen LogP contribution < -0.4 is 6.15 Å². The SMILES string of the molecule is C=CCN=C=S.Cl.N. The Morgan fingerprint density at radius 2 is 2.25 bits per heavy atom. The molecule has 0 fully saturated rings. The molecule has 0 radical (unpaired) electrons. The molecule has 0 bridgehead atoms. The van der Waals surface area contributed by atoms with Crippen molar-refractivity contribution in [2.75, 3.05) is 6.54 Å². The molecule has 0 atom stereocenters. The van der Waals surface area contributed by atoms with Crippen molar-refractivity contribution in [2.24, 2.45) is 4.99 Å². The third kappa shape index (κ3) is 17.1. The lowest BCUT2D eigenvalue weighted by Gasteiger charge is -1.65. The Balaban J connectivity index is -0.000000125. The number of hydrogen-bond acceptors (Lipinski definition) is 3. The highest BCUT2D eigenvalue weighted by molar-refractivity contribution is 7.78. The molecule has 2 nitrogen and oxygen atoms in total. The molecule has 0 spiro atoms. The third-order valence-electron chi connectivity index (χ3n) is 0.285. The summed E-state index contributed by atoms with van der Waals surface area (Å²) in [4.78, 5) is 3.54. The molecule has 0 amide bonds. The summed E-state index contributed by atoms with van der Waals surface area (Å²) in [7, 11) is 0. The Labute approximate surface area is 60.7 Å². The molecule has 48 valence electrons. The summed E-state index contributed by atoms with van der Waals surface area (Å²) in [6.07, 6.45) is 1.67. The first kappa shape index (κ1) is 15.7. The molecule has 0 aromatic heterocycles. The van der Waals surface area contributed by atoms with Crippen molar-refractivity contribution < 1.29 is 0 Å². The summed E-state index contributed by atoms with van der Waals surface area (Å²) in [5.74, 6) is 0. The van der Waals surface area contributed by atoms with Crippen molar-refractivity contribution in [3.8, 4) is 0 Å². The number of thiocarbonyl (C=S) groups is 1. The highest BCUT2D eigenvalue weighted by Crippen LogP contribution is 1.62. The van der Waals surface area contributed by atoms with Crippen LogP contribution in [0.1, 0.15) is 0 Å². The molecule has 0 aromatic carbocycles. The molecule has 4 heteroatoms. The lowest BCUT2D eigenvalue weighted by atomic mass is 10.7. The lowest BCUT2D eigenvalue weighted by molar-refractivity contribution is 1.27. The van der Waals surface area contributed by atoms with E-state index in [1.165, 1.54) is 0 Å². The van der Waals surface area contributed by atoms with Gasteiger partial charge >= 0.3 is 0 Å². The second kappa shape index (κ2) is 15.8. The fraction of sp³-hybridized carbons (Fsp3) is 0.250. The van der Waals surface area contributed by atoms with Gasteiger partial charge in [-0.05, 0) is 12.2 Å². The van der Waals surface area contributed by atoms with Gasteiger partial charge in [0.1, 0.15) is 0 Å². The van der Waals surface area contributed by atoms with Crippen molar-refractivity contribution >= 4 is 29.8 Å². The van der Waals surface area contributed by atoms with Gasteiger partial charge in [-0.1, -0.05) is 6.08 Å². The van der Waals surface area contributed by atoms with E-state index in [1.54, 1.807) is 6.08 Å². The van der Waals surface area contributed by atoms with Gasteiger partial charge in [0, 0.05) is 0 Å². The summed E-state index contributed by atoms with van der Waals surface area (Å²) < 4.78 is 0. The second-order valence-corrected chi connectivity index (χ2v) is 0.903. The largest absolute Gasteiger partial charge is 0.344 e. The van der Waals surface area contributed by atoms with Gasteiger partial charge in [-0.2, -0.15) is 0 Å². The van der Waals surface area contributed by atoms with E-state index in [9.17, 15) is 0 Å². The molecule has 0 saturated carbocycles. The molecule has 0 rings (SSSR count). The maximum Gasteiger partial charge on any atom is 0.0671 e. The first-order valence-electron chi connectivity index (χ1n) is 1.56. The zero-order valence-corrected chi connectivity index (χ0v) is 6.10. The highest BCUT2D eigenvalue weighted by Gasteiger charge is 1.56. The van der Waals surface area contributed by atoms with E-state index in [0.717, 1.165) is 0 Å². The zero-order chi connectivity index (χ0) is 4.83. The maximum atomic E-state index is 4.25. The molecule has 0 aliphatic rings. The summed E-state index contributed by atoms with van der Waals surface area (Å²) >= 11 is 4.25. The van der Waals surface area contributed by atoms with E-state index in [-0.39, 0.29) is 18.6 Å². The quantitative estimate of drug-likeness (QED) is 0.373. The van der Waals surface area contributed by atoms with Crippen molar-refractivity contribution in [2.45, 2.75) is 0 Å². The summed E-state index contributed by atoms with van der Waals surface area (Å²) in [5, 5.41) is 2.21. The fourth-order valence-electron chi connectivity index (χ4n) is 0.102. The van der Waals surface area contributed by atoms with Crippen molar-refractivity contribution in [1.82, 2.24) is 6.15 Å². The van der Waals surface area contributed by atoms with Crippen LogP contribution in [0.15, 0.2) is 17.6 Å². The van der Waals surface area contributed by atoms with Gasteiger partial charge < -0.3 is 6.15 Å². The van der Waals surface area contributed by atoms with Crippen LogP contribution in [0.2, 0.25) is 0 Å². The van der Waals surface area contributed by atoms with Crippen molar-refractivity contribution in [3.63, 3.8) is 0 Å². The molecule has 0 heterocycles.